The lowest BCUT2D eigenvalue weighted by atomic mass is 10.2. The molecular weight excluding hydrogens is 192 g/mol. The quantitative estimate of drug-likeness (QED) is 0.699. The number of alkyl halides is 2. The fourth-order valence-electron chi connectivity index (χ4n) is 0.938. The van der Waals surface area contributed by atoms with Gasteiger partial charge in [0.05, 0.1) is 19.2 Å². The molecule has 3 nitrogen and oxygen atoms in total. The molecule has 0 saturated heterocycles. The van der Waals surface area contributed by atoms with Gasteiger partial charge >= 0.3 is 5.97 Å². The Labute approximate surface area is 79.7 Å². The first kappa shape index (κ1) is 10.6. The summed E-state index contributed by atoms with van der Waals surface area (Å²) in [6.07, 6.45) is -2.70. The lowest BCUT2D eigenvalue weighted by Crippen LogP contribution is -2.07. The van der Waals surface area contributed by atoms with Gasteiger partial charge in [-0.05, 0) is 12.1 Å². The van der Waals surface area contributed by atoms with Gasteiger partial charge in [0.1, 0.15) is 5.69 Å². The fourth-order valence-corrected chi connectivity index (χ4v) is 0.938. The van der Waals surface area contributed by atoms with Crippen LogP contribution in [0.2, 0.25) is 0 Å². The predicted octanol–water partition coefficient (Wildman–Crippen LogP) is 1.73. The summed E-state index contributed by atoms with van der Waals surface area (Å²) in [6, 6.07) is 4.15. The minimum Gasteiger partial charge on any atom is -0.469 e. The highest BCUT2D eigenvalue weighted by molar-refractivity contribution is 5.71. The molecule has 76 valence electrons. The number of methoxy groups -OCH3 is 1. The van der Waals surface area contributed by atoms with Gasteiger partial charge in [0.15, 0.2) is 0 Å². The number of ether oxygens (including phenoxy) is 1. The molecule has 0 bridgehead atoms. The zero-order valence-corrected chi connectivity index (χ0v) is 7.54. The van der Waals surface area contributed by atoms with Crippen molar-refractivity contribution in [3.05, 3.63) is 29.6 Å². The number of carbonyl (C=O) groups is 1. The van der Waals surface area contributed by atoms with E-state index in [2.05, 4.69) is 9.72 Å². The van der Waals surface area contributed by atoms with Gasteiger partial charge in [0.25, 0.3) is 6.43 Å². The lowest BCUT2D eigenvalue weighted by Gasteiger charge is -2.02. The van der Waals surface area contributed by atoms with Crippen LogP contribution in [-0.4, -0.2) is 18.1 Å². The minimum atomic E-state index is -2.62. The Morgan fingerprint density at radius 1 is 1.57 bits per heavy atom. The molecule has 0 aliphatic carbocycles. The Kier molecular flexibility index (Phi) is 3.50. The van der Waals surface area contributed by atoms with Crippen LogP contribution in [0.4, 0.5) is 8.78 Å². The lowest BCUT2D eigenvalue weighted by molar-refractivity contribution is -0.139. The summed E-state index contributed by atoms with van der Waals surface area (Å²) in [5.74, 6) is -0.496. The van der Waals surface area contributed by atoms with Crippen LogP contribution in [0, 0.1) is 0 Å². The Bertz CT molecular complexity index is 328. The predicted molar refractivity (Wildman–Crippen MR) is 44.9 cm³/mol. The highest BCUT2D eigenvalue weighted by Gasteiger charge is 2.10. The van der Waals surface area contributed by atoms with Crippen LogP contribution in [0.1, 0.15) is 17.8 Å². The normalized spacial score (nSPS) is 10.3. The van der Waals surface area contributed by atoms with Gasteiger partial charge in [-0.25, -0.2) is 8.78 Å². The number of rotatable bonds is 3. The Hall–Kier alpha value is -1.52. The van der Waals surface area contributed by atoms with Crippen molar-refractivity contribution in [3.63, 3.8) is 0 Å². The number of halogens is 2. The van der Waals surface area contributed by atoms with Gasteiger partial charge in [-0.2, -0.15) is 0 Å². The van der Waals surface area contributed by atoms with Crippen molar-refractivity contribution in [3.8, 4) is 0 Å². The minimum absolute atomic E-state index is 0.0863. The topological polar surface area (TPSA) is 39.2 Å². The summed E-state index contributed by atoms with van der Waals surface area (Å²) in [6.45, 7) is 0. The average molecular weight is 201 g/mol. The molecule has 5 heteroatoms. The number of esters is 1. The van der Waals surface area contributed by atoms with Crippen LogP contribution < -0.4 is 0 Å². The molecular formula is C9H9F2NO2. The summed E-state index contributed by atoms with van der Waals surface area (Å²) < 4.78 is 28.8. The molecule has 0 aromatic carbocycles. The monoisotopic (exact) mass is 201 g/mol. The highest BCUT2D eigenvalue weighted by atomic mass is 19.3. The van der Waals surface area contributed by atoms with Crippen molar-refractivity contribution in [2.45, 2.75) is 12.8 Å². The van der Waals surface area contributed by atoms with Gasteiger partial charge in [0, 0.05) is 0 Å². The largest absolute Gasteiger partial charge is 0.469 e. The van der Waals surface area contributed by atoms with Crippen molar-refractivity contribution < 1.29 is 18.3 Å². The van der Waals surface area contributed by atoms with Gasteiger partial charge in [-0.15, -0.1) is 0 Å². The van der Waals surface area contributed by atoms with E-state index >= 15 is 0 Å². The van der Waals surface area contributed by atoms with Crippen LogP contribution >= 0.6 is 0 Å². The second kappa shape index (κ2) is 4.64. The van der Waals surface area contributed by atoms with Gasteiger partial charge < -0.3 is 4.74 Å². The van der Waals surface area contributed by atoms with Crippen LogP contribution in [0.3, 0.4) is 0 Å². The summed E-state index contributed by atoms with van der Waals surface area (Å²) in [7, 11) is 1.24. The number of carbonyl (C=O) groups excluding carboxylic acids is 1. The maximum absolute atomic E-state index is 12.2. The van der Waals surface area contributed by atoms with Crippen LogP contribution in [0.5, 0.6) is 0 Å². The molecule has 0 saturated carbocycles. The van der Waals surface area contributed by atoms with E-state index in [0.717, 1.165) is 0 Å². The molecule has 1 heterocycles. The summed E-state index contributed by atoms with van der Waals surface area (Å²) in [4.78, 5) is 14.4. The number of aromatic nitrogens is 1. The number of pyridine rings is 1. The van der Waals surface area contributed by atoms with E-state index in [1.165, 1.54) is 25.3 Å². The third-order valence-corrected chi connectivity index (χ3v) is 1.61. The molecule has 0 aliphatic heterocycles. The van der Waals surface area contributed by atoms with Crippen molar-refractivity contribution in [1.82, 2.24) is 4.98 Å². The zero-order valence-electron chi connectivity index (χ0n) is 7.54. The van der Waals surface area contributed by atoms with E-state index in [1.54, 1.807) is 0 Å². The third-order valence-electron chi connectivity index (χ3n) is 1.61. The Balaban J connectivity index is 2.78. The number of hydrogen-bond acceptors (Lipinski definition) is 3. The van der Waals surface area contributed by atoms with Gasteiger partial charge in [0.2, 0.25) is 0 Å². The third kappa shape index (κ3) is 2.76. The van der Waals surface area contributed by atoms with Crippen LogP contribution in [-0.2, 0) is 16.0 Å². The molecule has 0 radical (unpaired) electrons. The first-order chi connectivity index (χ1) is 6.63. The highest BCUT2D eigenvalue weighted by Crippen LogP contribution is 2.16. The summed E-state index contributed by atoms with van der Waals surface area (Å²) in [5, 5.41) is 0. The molecule has 0 unspecified atom stereocenters. The fraction of sp³-hybridized carbons (Fsp3) is 0.333. The van der Waals surface area contributed by atoms with Gasteiger partial charge in [-0.1, -0.05) is 6.07 Å². The first-order valence-electron chi connectivity index (χ1n) is 3.94. The van der Waals surface area contributed by atoms with E-state index in [4.69, 9.17) is 0 Å². The van der Waals surface area contributed by atoms with Crippen molar-refractivity contribution in [2.24, 2.45) is 0 Å². The smallest absolute Gasteiger partial charge is 0.311 e. The van der Waals surface area contributed by atoms with E-state index in [0.29, 0.717) is 0 Å². The molecule has 0 amide bonds. The summed E-state index contributed by atoms with van der Waals surface area (Å²) in [5.41, 5.74) is -0.0407. The average Bonchev–Trinajstić information content (AvgIpc) is 2.18. The van der Waals surface area contributed by atoms with E-state index in [1.807, 2.05) is 0 Å². The van der Waals surface area contributed by atoms with E-state index < -0.39 is 12.4 Å². The second-order valence-corrected chi connectivity index (χ2v) is 2.61. The molecule has 1 aromatic rings. The Morgan fingerprint density at radius 3 is 2.86 bits per heavy atom. The van der Waals surface area contributed by atoms with Gasteiger partial charge in [-0.3, -0.25) is 9.78 Å². The maximum Gasteiger partial charge on any atom is 0.311 e. The number of nitrogens with zero attached hydrogens (tertiary/aromatic N) is 1. The molecule has 1 aromatic heterocycles. The van der Waals surface area contributed by atoms with Crippen LogP contribution in [0.25, 0.3) is 0 Å². The molecule has 1 rings (SSSR count). The standard InChI is InChI=1S/C9H9F2NO2/c1-14-8(13)5-6-3-2-4-7(12-6)9(10)11/h2-4,9H,5H2,1H3. The molecule has 0 N–H and O–H groups in total. The van der Waals surface area contributed by atoms with Crippen molar-refractivity contribution in [1.29, 1.82) is 0 Å². The molecule has 0 spiro atoms. The van der Waals surface area contributed by atoms with E-state index in [9.17, 15) is 13.6 Å². The summed E-state index contributed by atoms with van der Waals surface area (Å²) >= 11 is 0. The number of hydrogen-bond donors (Lipinski definition) is 0. The maximum atomic E-state index is 12.2. The molecule has 0 fully saturated rings. The zero-order chi connectivity index (χ0) is 10.6. The molecule has 0 aliphatic rings. The van der Waals surface area contributed by atoms with Crippen LogP contribution in [0.15, 0.2) is 18.2 Å². The second-order valence-electron chi connectivity index (χ2n) is 2.61. The van der Waals surface area contributed by atoms with Crippen molar-refractivity contribution in [2.75, 3.05) is 7.11 Å². The Morgan fingerprint density at radius 2 is 2.29 bits per heavy atom. The molecule has 14 heavy (non-hydrogen) atoms. The SMILES string of the molecule is COC(=O)Cc1cccc(C(F)F)n1. The first-order valence-corrected chi connectivity index (χ1v) is 3.94. The van der Waals surface area contributed by atoms with E-state index in [-0.39, 0.29) is 17.8 Å². The van der Waals surface area contributed by atoms with Crippen molar-refractivity contribution >= 4 is 5.97 Å². The molecule has 0 atom stereocenters.